The molecule has 9 nitrogen and oxygen atoms in total. The largest absolute Gasteiger partial charge is 0.497 e. The number of benzene rings is 3. The van der Waals surface area contributed by atoms with Crippen LogP contribution in [0.2, 0.25) is 0 Å². The molecule has 36 heavy (non-hydrogen) atoms. The van der Waals surface area contributed by atoms with E-state index in [4.69, 9.17) is 14.2 Å². The fourth-order valence-corrected chi connectivity index (χ4v) is 3.69. The molecule has 1 N–H and O–H groups in total. The van der Waals surface area contributed by atoms with E-state index in [1.165, 1.54) is 25.3 Å². The Balaban J connectivity index is 1.65. The predicted molar refractivity (Wildman–Crippen MR) is 137 cm³/mol. The van der Waals surface area contributed by atoms with E-state index >= 15 is 0 Å². The van der Waals surface area contributed by atoms with Gasteiger partial charge in [0.15, 0.2) is 0 Å². The van der Waals surface area contributed by atoms with Gasteiger partial charge in [0.2, 0.25) is 0 Å². The molecule has 0 aliphatic carbocycles. The number of nitrogens with one attached hydrogen (secondary N) is 1. The minimum absolute atomic E-state index is 0.0107. The molecule has 0 spiro atoms. The second-order valence-electron chi connectivity index (χ2n) is 7.43. The zero-order valence-electron chi connectivity index (χ0n) is 19.5. The number of methoxy groups -OCH3 is 2. The van der Waals surface area contributed by atoms with E-state index in [2.05, 4.69) is 21.2 Å². The first-order chi connectivity index (χ1) is 17.3. The number of carbonyl (C=O) groups is 1. The molecule has 0 saturated heterocycles. The van der Waals surface area contributed by atoms with Gasteiger partial charge in [-0.1, -0.05) is 6.07 Å². The van der Waals surface area contributed by atoms with Gasteiger partial charge in [-0.2, -0.15) is 5.26 Å². The third kappa shape index (κ3) is 6.84. The summed E-state index contributed by atoms with van der Waals surface area (Å²) in [4.78, 5) is 22.9. The van der Waals surface area contributed by atoms with Crippen LogP contribution in [0.3, 0.4) is 0 Å². The van der Waals surface area contributed by atoms with E-state index < -0.39 is 10.8 Å². The molecule has 10 heteroatoms. The molecule has 0 heterocycles. The fraction of sp³-hybridized carbons (Fsp3) is 0.154. The van der Waals surface area contributed by atoms with Gasteiger partial charge >= 0.3 is 0 Å². The van der Waals surface area contributed by atoms with Crippen molar-refractivity contribution in [3.63, 3.8) is 0 Å². The maximum absolute atomic E-state index is 12.6. The van der Waals surface area contributed by atoms with Gasteiger partial charge in [0.05, 0.1) is 23.6 Å². The number of nitro groups is 1. The van der Waals surface area contributed by atoms with Crippen LogP contribution in [0.5, 0.6) is 17.2 Å². The lowest BCUT2D eigenvalue weighted by molar-refractivity contribution is -0.384. The highest BCUT2D eigenvalue weighted by atomic mass is 79.9. The van der Waals surface area contributed by atoms with Gasteiger partial charge in [-0.15, -0.1) is 0 Å². The average molecular weight is 552 g/mol. The second-order valence-corrected chi connectivity index (χ2v) is 8.29. The molecule has 0 fully saturated rings. The Morgan fingerprint density at radius 3 is 2.44 bits per heavy atom. The van der Waals surface area contributed by atoms with Crippen LogP contribution in [0.4, 0.5) is 5.69 Å². The van der Waals surface area contributed by atoms with E-state index in [9.17, 15) is 20.2 Å². The van der Waals surface area contributed by atoms with Crippen molar-refractivity contribution >= 4 is 33.6 Å². The first-order valence-corrected chi connectivity index (χ1v) is 11.4. The summed E-state index contributed by atoms with van der Waals surface area (Å²) < 4.78 is 16.9. The molecule has 3 aromatic carbocycles. The smallest absolute Gasteiger partial charge is 0.269 e. The summed E-state index contributed by atoms with van der Waals surface area (Å²) in [5.41, 5.74) is 2.08. The topological polar surface area (TPSA) is 124 Å². The molecule has 3 rings (SSSR count). The number of nitriles is 1. The highest BCUT2D eigenvalue weighted by Gasteiger charge is 2.12. The summed E-state index contributed by atoms with van der Waals surface area (Å²) in [6.07, 6.45) is 1.48. The van der Waals surface area contributed by atoms with Crippen molar-refractivity contribution in [1.29, 1.82) is 5.26 Å². The minimum atomic E-state index is -0.523. The van der Waals surface area contributed by atoms with Crippen molar-refractivity contribution in [2.24, 2.45) is 0 Å². The summed E-state index contributed by atoms with van der Waals surface area (Å²) in [6.45, 7) is 0.386. The van der Waals surface area contributed by atoms with Crippen molar-refractivity contribution < 1.29 is 23.9 Å². The van der Waals surface area contributed by atoms with E-state index in [-0.39, 0.29) is 24.4 Å². The van der Waals surface area contributed by atoms with Crippen molar-refractivity contribution in [2.45, 2.75) is 13.2 Å². The van der Waals surface area contributed by atoms with Gasteiger partial charge in [-0.3, -0.25) is 14.9 Å². The van der Waals surface area contributed by atoms with Gasteiger partial charge in [0, 0.05) is 30.3 Å². The molecule has 0 aliphatic heterocycles. The zero-order chi connectivity index (χ0) is 26.1. The van der Waals surface area contributed by atoms with Crippen molar-refractivity contribution in [3.05, 3.63) is 97.5 Å². The van der Waals surface area contributed by atoms with Gasteiger partial charge in [-0.05, 0) is 69.5 Å². The lowest BCUT2D eigenvalue weighted by atomic mass is 10.1. The number of carbonyl (C=O) groups excluding carboxylic acids is 1. The molecule has 3 aromatic rings. The zero-order valence-corrected chi connectivity index (χ0v) is 21.1. The third-order valence-corrected chi connectivity index (χ3v) is 5.73. The van der Waals surface area contributed by atoms with Crippen LogP contribution in [0.1, 0.15) is 16.7 Å². The Kier molecular flexibility index (Phi) is 9.02. The highest BCUT2D eigenvalue weighted by Crippen LogP contribution is 2.28. The van der Waals surface area contributed by atoms with Gasteiger partial charge in [0.25, 0.3) is 11.6 Å². The van der Waals surface area contributed by atoms with Crippen molar-refractivity contribution in [1.82, 2.24) is 5.32 Å². The molecule has 184 valence electrons. The number of ether oxygens (including phenoxy) is 3. The highest BCUT2D eigenvalue weighted by molar-refractivity contribution is 9.10. The summed E-state index contributed by atoms with van der Waals surface area (Å²) in [7, 11) is 3.08. The fourth-order valence-electron chi connectivity index (χ4n) is 3.18. The van der Waals surface area contributed by atoms with Crippen molar-refractivity contribution in [3.8, 4) is 23.3 Å². The maximum Gasteiger partial charge on any atom is 0.269 e. The van der Waals surface area contributed by atoms with E-state index in [1.807, 2.05) is 6.07 Å². The number of nitrogens with zero attached hydrogens (tertiary/aromatic N) is 2. The van der Waals surface area contributed by atoms with Gasteiger partial charge in [-0.25, -0.2) is 0 Å². The van der Waals surface area contributed by atoms with Gasteiger partial charge < -0.3 is 19.5 Å². The van der Waals surface area contributed by atoms with Gasteiger partial charge in [0.1, 0.15) is 35.5 Å². The van der Waals surface area contributed by atoms with Crippen LogP contribution in [-0.4, -0.2) is 25.1 Å². The monoisotopic (exact) mass is 551 g/mol. The molecule has 0 unspecified atom stereocenters. The standard InChI is InChI=1S/C26H22BrN3O6/c1-34-22-9-6-19(25(13-22)35-2)15-29-26(31)20(14-28)11-18-5-10-24(23(27)12-18)36-16-17-3-7-21(8-4-17)30(32)33/h3-13H,15-16H2,1-2H3,(H,29,31)/b20-11+. The predicted octanol–water partition coefficient (Wildman–Crippen LogP) is 5.18. The molecule has 0 saturated carbocycles. The molecule has 1 amide bonds. The summed E-state index contributed by atoms with van der Waals surface area (Å²) in [5, 5.41) is 23.0. The third-order valence-electron chi connectivity index (χ3n) is 5.11. The van der Waals surface area contributed by atoms with Crippen LogP contribution in [0.15, 0.2) is 70.7 Å². The average Bonchev–Trinajstić information content (AvgIpc) is 2.89. The van der Waals surface area contributed by atoms with Crippen LogP contribution >= 0.6 is 15.9 Å². The number of halogens is 1. The summed E-state index contributed by atoms with van der Waals surface area (Å²) in [5.74, 6) is 1.21. The van der Waals surface area contributed by atoms with Crippen LogP contribution in [0, 0.1) is 21.4 Å². The number of hydrogen-bond acceptors (Lipinski definition) is 7. The molecule has 0 bridgehead atoms. The number of rotatable bonds is 10. The molecular formula is C26H22BrN3O6. The quantitative estimate of drug-likeness (QED) is 0.159. The second kappa shape index (κ2) is 12.4. The Morgan fingerprint density at radius 1 is 1.08 bits per heavy atom. The molecule has 0 radical (unpaired) electrons. The SMILES string of the molecule is COc1ccc(CNC(=O)/C(C#N)=C/c2ccc(OCc3ccc([N+](=O)[O-])cc3)c(Br)c2)c(OC)c1. The number of amides is 1. The van der Waals surface area contributed by atoms with Crippen LogP contribution < -0.4 is 19.5 Å². The molecule has 0 aliphatic rings. The van der Waals surface area contributed by atoms with Crippen LogP contribution in [-0.2, 0) is 17.9 Å². The van der Waals surface area contributed by atoms with E-state index in [0.29, 0.717) is 27.3 Å². The Morgan fingerprint density at radius 2 is 1.83 bits per heavy atom. The number of hydrogen-bond donors (Lipinski definition) is 1. The van der Waals surface area contributed by atoms with Crippen molar-refractivity contribution in [2.75, 3.05) is 14.2 Å². The normalized spacial score (nSPS) is 10.8. The Hall–Kier alpha value is -4.36. The number of non-ortho nitro benzene ring substituents is 1. The maximum atomic E-state index is 12.6. The summed E-state index contributed by atoms with van der Waals surface area (Å²) in [6, 6.07) is 18.4. The molecular weight excluding hydrogens is 530 g/mol. The lowest BCUT2D eigenvalue weighted by Gasteiger charge is -2.11. The first kappa shape index (κ1) is 26.2. The lowest BCUT2D eigenvalue weighted by Crippen LogP contribution is -2.24. The Labute approximate surface area is 216 Å². The summed E-state index contributed by atoms with van der Waals surface area (Å²) >= 11 is 3.44. The molecule has 0 aromatic heterocycles. The number of nitro benzene ring substituents is 1. The molecule has 0 atom stereocenters. The first-order valence-electron chi connectivity index (χ1n) is 10.6. The minimum Gasteiger partial charge on any atom is -0.497 e. The van der Waals surface area contributed by atoms with E-state index in [0.717, 1.165) is 11.1 Å². The van der Waals surface area contributed by atoms with Crippen LogP contribution in [0.25, 0.3) is 6.08 Å². The Bertz CT molecular complexity index is 1330. The van der Waals surface area contributed by atoms with E-state index in [1.54, 1.807) is 55.6 Å².